The van der Waals surface area contributed by atoms with Gasteiger partial charge in [-0.15, -0.1) is 11.8 Å². The van der Waals surface area contributed by atoms with Crippen LogP contribution in [0.4, 0.5) is 0 Å². The van der Waals surface area contributed by atoms with E-state index < -0.39 is 0 Å². The second-order valence-electron chi connectivity index (χ2n) is 5.44. The van der Waals surface area contributed by atoms with Crippen LogP contribution in [-0.4, -0.2) is 27.7 Å². The first-order valence-corrected chi connectivity index (χ1v) is 9.60. The van der Waals surface area contributed by atoms with E-state index in [-0.39, 0.29) is 5.56 Å². The van der Waals surface area contributed by atoms with Crippen molar-refractivity contribution in [1.29, 1.82) is 0 Å². The molecule has 3 rings (SSSR count). The van der Waals surface area contributed by atoms with E-state index in [0.717, 1.165) is 45.8 Å². The lowest BCUT2D eigenvalue weighted by molar-refractivity contribution is 0.414. The van der Waals surface area contributed by atoms with Crippen molar-refractivity contribution in [2.45, 2.75) is 42.0 Å². The molecule has 0 radical (unpaired) electrons. The summed E-state index contributed by atoms with van der Waals surface area (Å²) in [6.07, 6.45) is 1.92. The number of methoxy groups -OCH3 is 1. The molecule has 1 aliphatic rings. The van der Waals surface area contributed by atoms with Gasteiger partial charge >= 0.3 is 0 Å². The highest BCUT2D eigenvalue weighted by atomic mass is 32.2. The Morgan fingerprint density at radius 1 is 1.39 bits per heavy atom. The molecule has 0 aliphatic carbocycles. The molecular weight excluding hydrogens is 328 g/mol. The largest absolute Gasteiger partial charge is 0.497 e. The highest BCUT2D eigenvalue weighted by Gasteiger charge is 2.23. The molecule has 1 aromatic heterocycles. The maximum atomic E-state index is 13.0. The van der Waals surface area contributed by atoms with E-state index in [4.69, 9.17) is 9.72 Å². The van der Waals surface area contributed by atoms with Gasteiger partial charge in [0.05, 0.1) is 23.4 Å². The fourth-order valence-electron chi connectivity index (χ4n) is 2.39. The van der Waals surface area contributed by atoms with E-state index >= 15 is 0 Å². The SMILES string of the molecule is CC[C@@H](C)Sc1nc2c(c(=O)n1-c1ccc(OC)cc1)SCC2. The lowest BCUT2D eigenvalue weighted by atomic mass is 10.3. The van der Waals surface area contributed by atoms with Gasteiger partial charge in [-0.25, -0.2) is 4.98 Å². The molecule has 0 bridgehead atoms. The zero-order chi connectivity index (χ0) is 16.4. The van der Waals surface area contributed by atoms with E-state index in [1.165, 1.54) is 0 Å². The fourth-order valence-corrected chi connectivity index (χ4v) is 4.41. The average molecular weight is 348 g/mol. The van der Waals surface area contributed by atoms with Crippen molar-refractivity contribution in [3.8, 4) is 11.4 Å². The molecule has 0 amide bonds. The van der Waals surface area contributed by atoms with Gasteiger partial charge in [0.1, 0.15) is 5.75 Å². The average Bonchev–Trinajstić information content (AvgIpc) is 3.04. The van der Waals surface area contributed by atoms with Crippen molar-refractivity contribution in [3.05, 3.63) is 40.3 Å². The number of ether oxygens (including phenoxy) is 1. The minimum Gasteiger partial charge on any atom is -0.497 e. The molecule has 6 heteroatoms. The smallest absolute Gasteiger partial charge is 0.272 e. The summed E-state index contributed by atoms with van der Waals surface area (Å²) in [6, 6.07) is 7.57. The van der Waals surface area contributed by atoms with Gasteiger partial charge in [-0.2, -0.15) is 0 Å². The molecule has 0 spiro atoms. The van der Waals surface area contributed by atoms with Crippen molar-refractivity contribution >= 4 is 23.5 Å². The molecule has 0 saturated carbocycles. The third-order valence-corrected chi connectivity index (χ3v) is 6.21. The van der Waals surface area contributed by atoms with Gasteiger partial charge in [-0.1, -0.05) is 25.6 Å². The molecule has 0 saturated heterocycles. The van der Waals surface area contributed by atoms with Gasteiger partial charge in [0.2, 0.25) is 0 Å². The van der Waals surface area contributed by atoms with Crippen LogP contribution in [0, 0.1) is 0 Å². The quantitative estimate of drug-likeness (QED) is 0.608. The lowest BCUT2D eigenvalue weighted by Gasteiger charge is -2.16. The number of aryl methyl sites for hydroxylation is 1. The third-order valence-electron chi connectivity index (χ3n) is 3.88. The van der Waals surface area contributed by atoms with Gasteiger partial charge in [-0.3, -0.25) is 9.36 Å². The van der Waals surface area contributed by atoms with E-state index in [2.05, 4.69) is 13.8 Å². The van der Waals surface area contributed by atoms with Gasteiger partial charge in [0.25, 0.3) is 5.56 Å². The molecule has 1 atom stereocenters. The highest BCUT2D eigenvalue weighted by Crippen LogP contribution is 2.32. The molecular formula is C17H20N2O2S2. The number of hydrogen-bond acceptors (Lipinski definition) is 5. The van der Waals surface area contributed by atoms with Crippen LogP contribution in [0.3, 0.4) is 0 Å². The molecule has 4 nitrogen and oxygen atoms in total. The van der Waals surface area contributed by atoms with Crippen LogP contribution in [0.1, 0.15) is 26.0 Å². The van der Waals surface area contributed by atoms with Crippen molar-refractivity contribution < 1.29 is 4.74 Å². The number of hydrogen-bond donors (Lipinski definition) is 0. The lowest BCUT2D eigenvalue weighted by Crippen LogP contribution is -2.24. The Labute approximate surface area is 144 Å². The first-order chi connectivity index (χ1) is 11.1. The number of benzene rings is 1. The monoisotopic (exact) mass is 348 g/mol. The van der Waals surface area contributed by atoms with Crippen LogP contribution < -0.4 is 10.3 Å². The van der Waals surface area contributed by atoms with Crippen molar-refractivity contribution in [2.24, 2.45) is 0 Å². The Balaban J connectivity index is 2.14. The van der Waals surface area contributed by atoms with Crippen LogP contribution in [0.15, 0.2) is 39.1 Å². The first-order valence-electron chi connectivity index (χ1n) is 7.73. The Bertz CT molecular complexity index is 756. The van der Waals surface area contributed by atoms with Crippen LogP contribution in [0.2, 0.25) is 0 Å². The predicted octanol–water partition coefficient (Wildman–Crippen LogP) is 3.78. The summed E-state index contributed by atoms with van der Waals surface area (Å²) in [6.45, 7) is 4.31. The van der Waals surface area contributed by atoms with Crippen LogP contribution in [0.5, 0.6) is 5.75 Å². The van der Waals surface area contributed by atoms with E-state index in [1.807, 2.05) is 24.3 Å². The Hall–Kier alpha value is -1.40. The molecule has 0 N–H and O–H groups in total. The summed E-state index contributed by atoms with van der Waals surface area (Å²) in [7, 11) is 1.64. The summed E-state index contributed by atoms with van der Waals surface area (Å²) < 4.78 is 6.95. The summed E-state index contributed by atoms with van der Waals surface area (Å²) >= 11 is 3.28. The molecule has 0 unspecified atom stereocenters. The topological polar surface area (TPSA) is 44.1 Å². The molecule has 2 heterocycles. The second kappa shape index (κ2) is 7.01. The van der Waals surface area contributed by atoms with Gasteiger partial charge < -0.3 is 4.74 Å². The maximum absolute atomic E-state index is 13.0. The normalized spacial score (nSPS) is 14.6. The Kier molecular flexibility index (Phi) is 5.02. The molecule has 1 aliphatic heterocycles. The molecule has 2 aromatic rings. The molecule has 0 fully saturated rings. The number of aromatic nitrogens is 2. The van der Waals surface area contributed by atoms with Crippen molar-refractivity contribution in [3.63, 3.8) is 0 Å². The zero-order valence-corrected chi connectivity index (χ0v) is 15.2. The van der Waals surface area contributed by atoms with E-state index in [1.54, 1.807) is 35.2 Å². The number of thioether (sulfide) groups is 2. The molecule has 23 heavy (non-hydrogen) atoms. The first kappa shape index (κ1) is 16.5. The number of nitrogens with zero attached hydrogens (tertiary/aromatic N) is 2. The highest BCUT2D eigenvalue weighted by molar-refractivity contribution is 8.00. The van der Waals surface area contributed by atoms with Gasteiger partial charge in [0, 0.05) is 17.4 Å². The summed E-state index contributed by atoms with van der Waals surface area (Å²) in [5.74, 6) is 1.72. The summed E-state index contributed by atoms with van der Waals surface area (Å²) in [4.78, 5) is 18.6. The van der Waals surface area contributed by atoms with Crippen LogP contribution in [-0.2, 0) is 6.42 Å². The third kappa shape index (κ3) is 3.28. The standard InChI is InChI=1S/C17H20N2O2S2/c1-4-11(2)23-17-18-14-9-10-22-15(14)16(20)19(17)12-5-7-13(21-3)8-6-12/h5-8,11H,4,9-10H2,1-3H3/t11-/m1/s1. The van der Waals surface area contributed by atoms with Crippen LogP contribution in [0.25, 0.3) is 5.69 Å². The predicted molar refractivity (Wildman–Crippen MR) is 96.4 cm³/mol. The van der Waals surface area contributed by atoms with Crippen molar-refractivity contribution in [2.75, 3.05) is 12.9 Å². The minimum atomic E-state index is 0.0495. The Morgan fingerprint density at radius 2 is 2.13 bits per heavy atom. The van der Waals surface area contributed by atoms with Gasteiger partial charge in [0.15, 0.2) is 5.16 Å². The van der Waals surface area contributed by atoms with E-state index in [9.17, 15) is 4.79 Å². The zero-order valence-electron chi connectivity index (χ0n) is 13.5. The summed E-state index contributed by atoms with van der Waals surface area (Å²) in [5.41, 5.74) is 1.84. The van der Waals surface area contributed by atoms with Crippen LogP contribution >= 0.6 is 23.5 Å². The summed E-state index contributed by atoms with van der Waals surface area (Å²) in [5, 5.41) is 1.20. The second-order valence-corrected chi connectivity index (χ2v) is 7.95. The van der Waals surface area contributed by atoms with Gasteiger partial charge in [-0.05, 0) is 30.7 Å². The molecule has 1 aromatic carbocycles. The number of rotatable bonds is 5. The molecule has 122 valence electrons. The number of fused-ring (bicyclic) bond motifs is 1. The minimum absolute atomic E-state index is 0.0495. The fraction of sp³-hybridized carbons (Fsp3) is 0.412. The van der Waals surface area contributed by atoms with Crippen molar-refractivity contribution in [1.82, 2.24) is 9.55 Å². The maximum Gasteiger partial charge on any atom is 0.272 e. The van der Waals surface area contributed by atoms with E-state index in [0.29, 0.717) is 5.25 Å². The Morgan fingerprint density at radius 3 is 2.78 bits per heavy atom.